The van der Waals surface area contributed by atoms with Gasteiger partial charge in [-0.15, -0.1) is 0 Å². The molecule has 0 radical (unpaired) electrons. The topological polar surface area (TPSA) is 186 Å². The molecule has 0 aliphatic carbocycles. The Bertz CT molecular complexity index is 838. The van der Waals surface area contributed by atoms with Crippen molar-refractivity contribution in [2.45, 2.75) is 51.5 Å². The van der Waals surface area contributed by atoms with Crippen LogP contribution in [0.15, 0.2) is 30.3 Å². The van der Waals surface area contributed by atoms with Gasteiger partial charge in [0.1, 0.15) is 24.8 Å². The zero-order chi connectivity index (χ0) is 25.0. The molecule has 6 N–H and O–H groups in total. The lowest BCUT2D eigenvalue weighted by atomic mass is 10.1. The van der Waals surface area contributed by atoms with Gasteiger partial charge in [0.15, 0.2) is 6.04 Å². The molecule has 33 heavy (non-hydrogen) atoms. The van der Waals surface area contributed by atoms with Crippen LogP contribution in [-0.4, -0.2) is 65.7 Å². The number of nitrogens with one attached hydrogen (secondary N) is 3. The Morgan fingerprint density at radius 3 is 2.21 bits per heavy atom. The average molecular weight is 466 g/mol. The number of hydrogen-bond donors (Lipinski definition) is 5. The van der Waals surface area contributed by atoms with Crippen LogP contribution in [0.2, 0.25) is 0 Å². The fraction of sp³-hybridized carbons (Fsp3) is 0.476. The maximum Gasteiger partial charge on any atom is 0.408 e. The van der Waals surface area contributed by atoms with E-state index in [1.807, 2.05) is 0 Å². The quantitative estimate of drug-likeness (QED) is 0.259. The number of hydrogen-bond acceptors (Lipinski definition) is 8. The smallest absolute Gasteiger partial charge is 0.408 e. The standard InChI is InChI=1S/C21H30N4O8/c1-21(2,3)33-20(31)23-10-17(28)24-14(9-16(22)27)18(29)25-15(11-26)19(30)32-12-13-7-5-4-6-8-13/h4-8,14-15,26H,9-12H2,1-3H3,(H2,22,27)(H,23,31)(H,24,28)(H,25,29)/t14-,15-/m0/s1. The first-order valence-electron chi connectivity index (χ1n) is 10.1. The van der Waals surface area contributed by atoms with Crippen molar-refractivity contribution in [1.29, 1.82) is 0 Å². The number of esters is 1. The summed E-state index contributed by atoms with van der Waals surface area (Å²) in [6.45, 7) is 3.52. The molecule has 1 rings (SSSR count). The minimum absolute atomic E-state index is 0.0795. The third kappa shape index (κ3) is 11.5. The van der Waals surface area contributed by atoms with Gasteiger partial charge >= 0.3 is 12.1 Å². The maximum absolute atomic E-state index is 12.5. The molecule has 0 heterocycles. The van der Waals surface area contributed by atoms with E-state index in [0.717, 1.165) is 0 Å². The number of aliphatic hydroxyl groups is 1. The Labute approximate surface area is 191 Å². The summed E-state index contributed by atoms with van der Waals surface area (Å²) in [6, 6.07) is 5.86. The number of alkyl carbamates (subject to hydrolysis) is 1. The third-order valence-electron chi connectivity index (χ3n) is 3.86. The summed E-state index contributed by atoms with van der Waals surface area (Å²) in [6.07, 6.45) is -1.43. The highest BCUT2D eigenvalue weighted by Crippen LogP contribution is 2.06. The van der Waals surface area contributed by atoms with Crippen LogP contribution in [0.1, 0.15) is 32.8 Å². The first kappa shape index (κ1) is 27.4. The van der Waals surface area contributed by atoms with Crippen LogP contribution >= 0.6 is 0 Å². The van der Waals surface area contributed by atoms with E-state index in [0.29, 0.717) is 5.56 Å². The Morgan fingerprint density at radius 2 is 1.67 bits per heavy atom. The van der Waals surface area contributed by atoms with Crippen molar-refractivity contribution in [1.82, 2.24) is 16.0 Å². The minimum atomic E-state index is -1.45. The molecule has 0 aliphatic rings. The second kappa shape index (κ2) is 13.0. The predicted octanol–water partition coefficient (Wildman–Crippen LogP) is -0.908. The van der Waals surface area contributed by atoms with Gasteiger partial charge in [-0.3, -0.25) is 14.4 Å². The van der Waals surface area contributed by atoms with Gasteiger partial charge in [-0.05, 0) is 26.3 Å². The molecule has 12 nitrogen and oxygen atoms in total. The molecule has 0 fully saturated rings. The summed E-state index contributed by atoms with van der Waals surface area (Å²) in [5.41, 5.74) is 5.06. The van der Waals surface area contributed by atoms with E-state index >= 15 is 0 Å². The summed E-state index contributed by atoms with van der Waals surface area (Å²) in [5, 5.41) is 16.1. The second-order valence-corrected chi connectivity index (χ2v) is 7.98. The summed E-state index contributed by atoms with van der Waals surface area (Å²) in [7, 11) is 0. The first-order chi connectivity index (χ1) is 15.4. The lowest BCUT2D eigenvalue weighted by molar-refractivity contribution is -0.150. The van der Waals surface area contributed by atoms with Crippen molar-refractivity contribution in [3.05, 3.63) is 35.9 Å². The molecule has 0 spiro atoms. The highest BCUT2D eigenvalue weighted by molar-refractivity contribution is 5.94. The molecule has 0 unspecified atom stereocenters. The van der Waals surface area contributed by atoms with Crippen LogP contribution in [0.5, 0.6) is 0 Å². The van der Waals surface area contributed by atoms with Crippen LogP contribution in [-0.2, 0) is 35.3 Å². The number of primary amides is 1. The van der Waals surface area contributed by atoms with E-state index in [2.05, 4.69) is 16.0 Å². The zero-order valence-corrected chi connectivity index (χ0v) is 18.8. The third-order valence-corrected chi connectivity index (χ3v) is 3.86. The number of carbonyl (C=O) groups excluding carboxylic acids is 5. The van der Waals surface area contributed by atoms with Gasteiger partial charge in [0.05, 0.1) is 13.0 Å². The summed E-state index contributed by atoms with van der Waals surface area (Å²) in [5.74, 6) is -3.57. The van der Waals surface area contributed by atoms with E-state index < -0.39 is 67.0 Å². The molecule has 12 heteroatoms. The fourth-order valence-electron chi connectivity index (χ4n) is 2.40. The molecule has 0 aromatic heterocycles. The largest absolute Gasteiger partial charge is 0.459 e. The normalized spacial score (nSPS) is 12.6. The Balaban J connectivity index is 2.66. The molecule has 0 aliphatic heterocycles. The van der Waals surface area contributed by atoms with E-state index in [1.54, 1.807) is 51.1 Å². The first-order valence-corrected chi connectivity index (χ1v) is 10.1. The van der Waals surface area contributed by atoms with E-state index in [1.165, 1.54) is 0 Å². The lowest BCUT2D eigenvalue weighted by Crippen LogP contribution is -2.55. The SMILES string of the molecule is CC(C)(C)OC(=O)NCC(=O)N[C@@H](CC(N)=O)C(=O)N[C@@H](CO)C(=O)OCc1ccccc1. The highest BCUT2D eigenvalue weighted by atomic mass is 16.6. The molecular formula is C21H30N4O8. The maximum atomic E-state index is 12.5. The molecule has 0 saturated heterocycles. The lowest BCUT2D eigenvalue weighted by Gasteiger charge is -2.22. The Morgan fingerprint density at radius 1 is 1.03 bits per heavy atom. The number of carbonyl (C=O) groups is 5. The van der Waals surface area contributed by atoms with Crippen LogP contribution in [0.4, 0.5) is 4.79 Å². The van der Waals surface area contributed by atoms with Crippen molar-refractivity contribution in [2.24, 2.45) is 5.73 Å². The van der Waals surface area contributed by atoms with Crippen LogP contribution < -0.4 is 21.7 Å². The number of ether oxygens (including phenoxy) is 2. The number of amides is 4. The summed E-state index contributed by atoms with van der Waals surface area (Å²) < 4.78 is 10.1. The Hall–Kier alpha value is -3.67. The summed E-state index contributed by atoms with van der Waals surface area (Å²) >= 11 is 0. The second-order valence-electron chi connectivity index (χ2n) is 7.98. The van der Waals surface area contributed by atoms with E-state index in [4.69, 9.17) is 15.2 Å². The van der Waals surface area contributed by atoms with E-state index in [-0.39, 0.29) is 6.61 Å². The highest BCUT2D eigenvalue weighted by Gasteiger charge is 2.28. The van der Waals surface area contributed by atoms with Gasteiger partial charge < -0.3 is 36.3 Å². The average Bonchev–Trinajstić information content (AvgIpc) is 2.73. The Kier molecular flexibility index (Phi) is 10.8. The number of aliphatic hydroxyl groups excluding tert-OH is 1. The molecule has 1 aromatic rings. The van der Waals surface area contributed by atoms with Gasteiger partial charge in [0, 0.05) is 0 Å². The molecule has 182 valence electrons. The monoisotopic (exact) mass is 466 g/mol. The summed E-state index contributed by atoms with van der Waals surface area (Å²) in [4.78, 5) is 59.8. The molecule has 0 bridgehead atoms. The zero-order valence-electron chi connectivity index (χ0n) is 18.8. The van der Waals surface area contributed by atoms with Crippen molar-refractivity contribution < 1.29 is 38.6 Å². The van der Waals surface area contributed by atoms with Gasteiger partial charge in [-0.2, -0.15) is 0 Å². The molecule has 2 atom stereocenters. The van der Waals surface area contributed by atoms with Crippen molar-refractivity contribution >= 4 is 29.8 Å². The van der Waals surface area contributed by atoms with Crippen molar-refractivity contribution in [3.63, 3.8) is 0 Å². The van der Waals surface area contributed by atoms with Crippen molar-refractivity contribution in [3.8, 4) is 0 Å². The minimum Gasteiger partial charge on any atom is -0.459 e. The van der Waals surface area contributed by atoms with Crippen LogP contribution in [0, 0.1) is 0 Å². The molecule has 4 amide bonds. The fourth-order valence-corrected chi connectivity index (χ4v) is 2.40. The van der Waals surface area contributed by atoms with Crippen molar-refractivity contribution in [2.75, 3.05) is 13.2 Å². The number of rotatable bonds is 11. The molecule has 1 aromatic carbocycles. The predicted molar refractivity (Wildman–Crippen MR) is 115 cm³/mol. The number of nitrogens with two attached hydrogens (primary N) is 1. The molecular weight excluding hydrogens is 436 g/mol. The van der Waals surface area contributed by atoms with Gasteiger partial charge in [0.25, 0.3) is 0 Å². The van der Waals surface area contributed by atoms with Crippen LogP contribution in [0.25, 0.3) is 0 Å². The molecule has 0 saturated carbocycles. The van der Waals surface area contributed by atoms with Gasteiger partial charge in [-0.1, -0.05) is 30.3 Å². The van der Waals surface area contributed by atoms with Crippen LogP contribution in [0.3, 0.4) is 0 Å². The van der Waals surface area contributed by atoms with Gasteiger partial charge in [-0.25, -0.2) is 9.59 Å². The van der Waals surface area contributed by atoms with E-state index in [9.17, 15) is 29.1 Å². The van der Waals surface area contributed by atoms with Gasteiger partial charge in [0.2, 0.25) is 17.7 Å². The number of benzene rings is 1.